The molecule has 0 aliphatic heterocycles. The summed E-state index contributed by atoms with van der Waals surface area (Å²) >= 11 is 0. The first-order chi connectivity index (χ1) is 7.97. The molecule has 1 aromatic heterocycles. The zero-order valence-corrected chi connectivity index (χ0v) is 8.48. The van der Waals surface area contributed by atoms with Crippen molar-refractivity contribution in [2.45, 2.75) is 12.7 Å². The van der Waals surface area contributed by atoms with Crippen LogP contribution in [0.2, 0.25) is 0 Å². The monoisotopic (exact) mass is 242 g/mol. The van der Waals surface area contributed by atoms with Gasteiger partial charge in [0.15, 0.2) is 0 Å². The summed E-state index contributed by atoms with van der Waals surface area (Å²) in [4.78, 5) is 11.6. The summed E-state index contributed by atoms with van der Waals surface area (Å²) in [6.45, 7) is -1.39. The van der Waals surface area contributed by atoms with E-state index in [4.69, 9.17) is 0 Å². The van der Waals surface area contributed by atoms with E-state index in [0.717, 1.165) is 10.9 Å². The van der Waals surface area contributed by atoms with Crippen LogP contribution in [0.1, 0.15) is 0 Å². The summed E-state index contributed by atoms with van der Waals surface area (Å²) in [5.41, 5.74) is -0.379. The molecule has 7 heteroatoms. The van der Waals surface area contributed by atoms with Gasteiger partial charge in [0.2, 0.25) is 0 Å². The van der Waals surface area contributed by atoms with Crippen LogP contribution in [-0.4, -0.2) is 20.5 Å². The summed E-state index contributed by atoms with van der Waals surface area (Å²) in [5.74, 6) is 0. The molecular formula is C10H7F3N3O. The molecule has 0 aliphatic rings. The van der Waals surface area contributed by atoms with Crippen LogP contribution in [0.15, 0.2) is 35.4 Å². The standard InChI is InChI=1S/C10H7F3N3O/c11-10(12,13)6-16-9(17)15(7-14-16)8-4-2-1-3-5-8/h2-5,7H,6H2. The number of rotatable bonds is 2. The van der Waals surface area contributed by atoms with Gasteiger partial charge in [0.1, 0.15) is 12.9 Å². The van der Waals surface area contributed by atoms with Gasteiger partial charge in [0.25, 0.3) is 0 Å². The van der Waals surface area contributed by atoms with E-state index in [1.165, 1.54) is 0 Å². The Hall–Kier alpha value is -2.05. The number of halogens is 3. The zero-order chi connectivity index (χ0) is 12.5. The number of alkyl halides is 3. The quantitative estimate of drug-likeness (QED) is 0.798. The maximum Gasteiger partial charge on any atom is 0.408 e. The summed E-state index contributed by atoms with van der Waals surface area (Å²) in [6.07, 6.45) is -3.41. The molecule has 0 spiro atoms. The van der Waals surface area contributed by atoms with Crippen molar-refractivity contribution in [3.05, 3.63) is 47.1 Å². The highest BCUT2D eigenvalue weighted by atomic mass is 19.4. The van der Waals surface area contributed by atoms with Crippen molar-refractivity contribution in [2.75, 3.05) is 0 Å². The van der Waals surface area contributed by atoms with Gasteiger partial charge in [-0.2, -0.15) is 18.3 Å². The smallest absolute Gasteiger partial charge is 0.250 e. The van der Waals surface area contributed by atoms with Gasteiger partial charge >= 0.3 is 11.9 Å². The molecular weight excluding hydrogens is 235 g/mol. The minimum absolute atomic E-state index is 0.372. The van der Waals surface area contributed by atoms with Gasteiger partial charge in [-0.05, 0) is 18.2 Å². The van der Waals surface area contributed by atoms with Gasteiger partial charge in [-0.3, -0.25) is 0 Å². The lowest BCUT2D eigenvalue weighted by atomic mass is 10.3. The van der Waals surface area contributed by atoms with Gasteiger partial charge in [-0.1, -0.05) is 12.1 Å². The van der Waals surface area contributed by atoms with Gasteiger partial charge in [0, 0.05) is 0 Å². The number of aromatic nitrogens is 3. The van der Waals surface area contributed by atoms with Crippen molar-refractivity contribution in [1.29, 1.82) is 0 Å². The SMILES string of the molecule is O=c1n(-c2cc[c]cc2)cnn1CC(F)(F)F. The molecule has 1 heterocycles. The second-order valence-corrected chi connectivity index (χ2v) is 3.31. The molecule has 0 bridgehead atoms. The average molecular weight is 242 g/mol. The van der Waals surface area contributed by atoms with E-state index in [1.54, 1.807) is 24.3 Å². The lowest BCUT2D eigenvalue weighted by Crippen LogP contribution is -2.30. The van der Waals surface area contributed by atoms with E-state index in [2.05, 4.69) is 11.2 Å². The predicted molar refractivity (Wildman–Crippen MR) is 52.7 cm³/mol. The molecule has 0 N–H and O–H groups in total. The molecule has 1 aromatic carbocycles. The molecule has 89 valence electrons. The molecule has 4 nitrogen and oxygen atoms in total. The second kappa shape index (κ2) is 4.08. The van der Waals surface area contributed by atoms with Crippen molar-refractivity contribution >= 4 is 0 Å². The molecule has 0 unspecified atom stereocenters. The fraction of sp³-hybridized carbons (Fsp3) is 0.200. The Morgan fingerprint density at radius 2 is 1.94 bits per heavy atom. The van der Waals surface area contributed by atoms with Crippen molar-refractivity contribution in [3.63, 3.8) is 0 Å². The molecule has 0 saturated heterocycles. The molecule has 2 rings (SSSR count). The van der Waals surface area contributed by atoms with E-state index in [0.29, 0.717) is 10.4 Å². The van der Waals surface area contributed by atoms with Crippen LogP contribution in [0, 0.1) is 6.07 Å². The third-order valence-electron chi connectivity index (χ3n) is 2.04. The normalized spacial score (nSPS) is 11.7. The Kier molecular flexibility index (Phi) is 2.74. The Morgan fingerprint density at radius 1 is 1.29 bits per heavy atom. The maximum absolute atomic E-state index is 12.1. The van der Waals surface area contributed by atoms with E-state index in [1.807, 2.05) is 0 Å². The highest BCUT2D eigenvalue weighted by Crippen LogP contribution is 2.15. The summed E-state index contributed by atoms with van der Waals surface area (Å²) in [5, 5.41) is 3.41. The first-order valence-corrected chi connectivity index (χ1v) is 4.65. The van der Waals surface area contributed by atoms with E-state index in [9.17, 15) is 18.0 Å². The Labute approximate surface area is 93.9 Å². The lowest BCUT2D eigenvalue weighted by Gasteiger charge is -2.04. The van der Waals surface area contributed by atoms with Crippen LogP contribution >= 0.6 is 0 Å². The molecule has 1 radical (unpaired) electrons. The molecule has 0 saturated carbocycles. The lowest BCUT2D eigenvalue weighted by molar-refractivity contribution is -0.143. The van der Waals surface area contributed by atoms with Crippen molar-refractivity contribution in [2.24, 2.45) is 0 Å². The molecule has 0 aliphatic carbocycles. The van der Waals surface area contributed by atoms with Crippen molar-refractivity contribution in [1.82, 2.24) is 14.3 Å². The summed E-state index contributed by atoms with van der Waals surface area (Å²) in [7, 11) is 0. The first kappa shape index (κ1) is 11.4. The van der Waals surface area contributed by atoms with Gasteiger partial charge in [0.05, 0.1) is 5.69 Å². The number of hydrogen-bond acceptors (Lipinski definition) is 2. The Bertz CT molecular complexity index is 556. The van der Waals surface area contributed by atoms with E-state index >= 15 is 0 Å². The molecule has 0 amide bonds. The van der Waals surface area contributed by atoms with Crippen LogP contribution < -0.4 is 5.69 Å². The van der Waals surface area contributed by atoms with Crippen LogP contribution in [0.25, 0.3) is 5.69 Å². The Balaban J connectivity index is 2.38. The Morgan fingerprint density at radius 3 is 2.53 bits per heavy atom. The van der Waals surface area contributed by atoms with Crippen LogP contribution in [0.4, 0.5) is 13.2 Å². The minimum atomic E-state index is -4.46. The fourth-order valence-corrected chi connectivity index (χ4v) is 1.33. The highest BCUT2D eigenvalue weighted by molar-refractivity contribution is 5.29. The van der Waals surface area contributed by atoms with E-state index < -0.39 is 18.4 Å². The number of benzene rings is 1. The predicted octanol–water partition coefficient (Wildman–Crippen LogP) is 1.40. The van der Waals surface area contributed by atoms with Crippen LogP contribution in [-0.2, 0) is 6.54 Å². The largest absolute Gasteiger partial charge is 0.408 e. The molecule has 17 heavy (non-hydrogen) atoms. The molecule has 0 atom stereocenters. The fourth-order valence-electron chi connectivity index (χ4n) is 1.33. The topological polar surface area (TPSA) is 39.8 Å². The average Bonchev–Trinajstić information content (AvgIpc) is 2.60. The van der Waals surface area contributed by atoms with Gasteiger partial charge in [-0.15, -0.1) is 0 Å². The van der Waals surface area contributed by atoms with Crippen LogP contribution in [0.3, 0.4) is 0 Å². The number of hydrogen-bond donors (Lipinski definition) is 0. The first-order valence-electron chi connectivity index (χ1n) is 4.65. The minimum Gasteiger partial charge on any atom is -0.250 e. The van der Waals surface area contributed by atoms with E-state index in [-0.39, 0.29) is 0 Å². The zero-order valence-electron chi connectivity index (χ0n) is 8.48. The van der Waals surface area contributed by atoms with Gasteiger partial charge < -0.3 is 0 Å². The van der Waals surface area contributed by atoms with Crippen LogP contribution in [0.5, 0.6) is 0 Å². The number of nitrogens with zero attached hydrogens (tertiary/aromatic N) is 3. The molecule has 2 aromatic rings. The maximum atomic E-state index is 12.1. The highest BCUT2D eigenvalue weighted by Gasteiger charge is 2.29. The second-order valence-electron chi connectivity index (χ2n) is 3.31. The van der Waals surface area contributed by atoms with Crippen molar-refractivity contribution in [3.8, 4) is 5.69 Å². The molecule has 0 fully saturated rings. The van der Waals surface area contributed by atoms with Crippen molar-refractivity contribution < 1.29 is 13.2 Å². The van der Waals surface area contributed by atoms with Gasteiger partial charge in [-0.25, -0.2) is 14.0 Å². The third kappa shape index (κ3) is 2.55. The summed E-state index contributed by atoms with van der Waals surface area (Å²) in [6, 6.07) is 8.97. The third-order valence-corrected chi connectivity index (χ3v) is 2.04. The summed E-state index contributed by atoms with van der Waals surface area (Å²) < 4.78 is 37.8.